The molecular formula is C18H24N4O3S. The van der Waals surface area contributed by atoms with Crippen molar-refractivity contribution in [3.63, 3.8) is 0 Å². The number of hydrogen-bond acceptors (Lipinski definition) is 4. The molecule has 0 saturated carbocycles. The monoisotopic (exact) mass is 376 g/mol. The number of benzene rings is 1. The van der Waals surface area contributed by atoms with Gasteiger partial charge in [-0.2, -0.15) is 9.40 Å². The van der Waals surface area contributed by atoms with Crippen molar-refractivity contribution >= 4 is 15.9 Å². The van der Waals surface area contributed by atoms with E-state index >= 15 is 0 Å². The Bertz CT molecular complexity index is 845. The summed E-state index contributed by atoms with van der Waals surface area (Å²) in [6.07, 6.45) is 4.15. The Morgan fingerprint density at radius 1 is 1.27 bits per heavy atom. The molecule has 0 radical (unpaired) electrons. The fraction of sp³-hybridized carbons (Fsp3) is 0.444. The minimum absolute atomic E-state index is 0.0925. The molecule has 3 rings (SSSR count). The normalized spacial score (nSPS) is 18.1. The Labute approximate surface area is 154 Å². The van der Waals surface area contributed by atoms with Crippen molar-refractivity contribution in [1.82, 2.24) is 19.4 Å². The SMILES string of the molecule is CC(C)C(C(=O)NCc1ccc(-n2cccn2)cc1)N1CCCS1(=O)=O. The lowest BCUT2D eigenvalue weighted by atomic mass is 10.0. The van der Waals surface area contributed by atoms with Gasteiger partial charge in [-0.05, 0) is 36.1 Å². The van der Waals surface area contributed by atoms with Crippen LogP contribution in [0.25, 0.3) is 5.69 Å². The van der Waals surface area contributed by atoms with E-state index in [2.05, 4.69) is 10.4 Å². The summed E-state index contributed by atoms with van der Waals surface area (Å²) < 4.78 is 27.5. The van der Waals surface area contributed by atoms with E-state index in [0.29, 0.717) is 19.5 Å². The minimum atomic E-state index is -3.33. The first-order valence-electron chi connectivity index (χ1n) is 8.74. The predicted octanol–water partition coefficient (Wildman–Crippen LogP) is 1.55. The number of carbonyl (C=O) groups is 1. The highest BCUT2D eigenvalue weighted by atomic mass is 32.2. The van der Waals surface area contributed by atoms with Crippen LogP contribution < -0.4 is 5.32 Å². The molecule has 1 N–H and O–H groups in total. The number of amides is 1. The molecule has 2 heterocycles. The van der Waals surface area contributed by atoms with Crippen LogP contribution in [-0.2, 0) is 21.4 Å². The maximum atomic E-state index is 12.7. The van der Waals surface area contributed by atoms with Gasteiger partial charge < -0.3 is 5.32 Å². The van der Waals surface area contributed by atoms with Crippen LogP contribution >= 0.6 is 0 Å². The second kappa shape index (κ2) is 7.59. The second-order valence-corrected chi connectivity index (χ2v) is 8.85. The van der Waals surface area contributed by atoms with Crippen molar-refractivity contribution in [1.29, 1.82) is 0 Å². The summed E-state index contributed by atoms with van der Waals surface area (Å²) in [6, 6.07) is 8.90. The number of hydrogen-bond donors (Lipinski definition) is 1. The van der Waals surface area contributed by atoms with E-state index < -0.39 is 16.1 Å². The van der Waals surface area contributed by atoms with Gasteiger partial charge in [0.15, 0.2) is 0 Å². The molecule has 140 valence electrons. The first-order valence-corrected chi connectivity index (χ1v) is 10.4. The smallest absolute Gasteiger partial charge is 0.238 e. The van der Waals surface area contributed by atoms with E-state index in [1.807, 2.05) is 50.4 Å². The van der Waals surface area contributed by atoms with Gasteiger partial charge in [-0.1, -0.05) is 26.0 Å². The van der Waals surface area contributed by atoms with Gasteiger partial charge >= 0.3 is 0 Å². The van der Waals surface area contributed by atoms with Crippen LogP contribution in [0, 0.1) is 5.92 Å². The van der Waals surface area contributed by atoms with E-state index in [1.54, 1.807) is 10.9 Å². The molecular weight excluding hydrogens is 352 g/mol. The number of nitrogens with one attached hydrogen (secondary N) is 1. The Balaban J connectivity index is 1.65. The number of nitrogens with zero attached hydrogens (tertiary/aromatic N) is 3. The lowest BCUT2D eigenvalue weighted by Gasteiger charge is -2.28. The maximum absolute atomic E-state index is 12.7. The quantitative estimate of drug-likeness (QED) is 0.829. The summed E-state index contributed by atoms with van der Waals surface area (Å²) in [6.45, 7) is 4.51. The third-order valence-corrected chi connectivity index (χ3v) is 6.45. The molecule has 0 aliphatic carbocycles. The molecule has 8 heteroatoms. The van der Waals surface area contributed by atoms with Gasteiger partial charge in [-0.3, -0.25) is 4.79 Å². The molecule has 1 atom stereocenters. The van der Waals surface area contributed by atoms with Crippen molar-refractivity contribution in [2.24, 2.45) is 5.92 Å². The van der Waals surface area contributed by atoms with Gasteiger partial charge in [0.25, 0.3) is 0 Å². The summed E-state index contributed by atoms with van der Waals surface area (Å²) in [5.74, 6) is -0.218. The Hall–Kier alpha value is -2.19. The molecule has 1 aromatic carbocycles. The highest BCUT2D eigenvalue weighted by molar-refractivity contribution is 7.89. The zero-order valence-corrected chi connectivity index (χ0v) is 15.8. The fourth-order valence-corrected chi connectivity index (χ4v) is 5.04. The highest BCUT2D eigenvalue weighted by Gasteiger charge is 2.39. The van der Waals surface area contributed by atoms with E-state index in [-0.39, 0.29) is 17.6 Å². The molecule has 1 aliphatic rings. The molecule has 1 amide bonds. The van der Waals surface area contributed by atoms with Crippen LogP contribution in [0.3, 0.4) is 0 Å². The van der Waals surface area contributed by atoms with Crippen LogP contribution in [0.15, 0.2) is 42.7 Å². The summed E-state index contributed by atoms with van der Waals surface area (Å²) >= 11 is 0. The van der Waals surface area contributed by atoms with Crippen LogP contribution in [0.1, 0.15) is 25.8 Å². The minimum Gasteiger partial charge on any atom is -0.351 e. The summed E-state index contributed by atoms with van der Waals surface area (Å²) in [5, 5.41) is 7.06. The van der Waals surface area contributed by atoms with Crippen molar-refractivity contribution < 1.29 is 13.2 Å². The zero-order chi connectivity index (χ0) is 18.7. The van der Waals surface area contributed by atoms with Crippen molar-refractivity contribution in [2.75, 3.05) is 12.3 Å². The molecule has 1 unspecified atom stereocenters. The zero-order valence-electron chi connectivity index (χ0n) is 15.0. The molecule has 0 bridgehead atoms. The van der Waals surface area contributed by atoms with Crippen LogP contribution in [0.2, 0.25) is 0 Å². The van der Waals surface area contributed by atoms with Crippen molar-refractivity contribution in [3.05, 3.63) is 48.3 Å². The average Bonchev–Trinajstić information content (AvgIpc) is 3.24. The largest absolute Gasteiger partial charge is 0.351 e. The lowest BCUT2D eigenvalue weighted by molar-refractivity contribution is -0.126. The molecule has 1 aliphatic heterocycles. The van der Waals surface area contributed by atoms with Gasteiger partial charge in [0.1, 0.15) is 6.04 Å². The molecule has 26 heavy (non-hydrogen) atoms. The molecule has 1 fully saturated rings. The fourth-order valence-electron chi connectivity index (χ4n) is 3.22. The summed E-state index contributed by atoms with van der Waals surface area (Å²) in [7, 11) is -3.33. The Kier molecular flexibility index (Phi) is 5.43. The topological polar surface area (TPSA) is 84.3 Å². The number of carbonyl (C=O) groups excluding carboxylic acids is 1. The average molecular weight is 376 g/mol. The molecule has 1 aromatic heterocycles. The Morgan fingerprint density at radius 2 is 2.00 bits per heavy atom. The second-order valence-electron chi connectivity index (χ2n) is 6.80. The molecule has 7 nitrogen and oxygen atoms in total. The summed E-state index contributed by atoms with van der Waals surface area (Å²) in [5.41, 5.74) is 1.88. The first kappa shape index (κ1) is 18.6. The van der Waals surface area contributed by atoms with E-state index in [0.717, 1.165) is 11.3 Å². The van der Waals surface area contributed by atoms with E-state index in [1.165, 1.54) is 4.31 Å². The van der Waals surface area contributed by atoms with Gasteiger partial charge in [0.05, 0.1) is 11.4 Å². The lowest BCUT2D eigenvalue weighted by Crippen LogP contribution is -2.50. The standard InChI is InChI=1S/C18H24N4O3S/c1-14(2)17(22-11-4-12-26(22,24)25)18(23)19-13-15-5-7-16(8-6-15)21-10-3-9-20-21/h3,5-10,14,17H,4,11-13H2,1-2H3,(H,19,23). The van der Waals surface area contributed by atoms with Gasteiger partial charge in [-0.15, -0.1) is 0 Å². The predicted molar refractivity (Wildman–Crippen MR) is 99.1 cm³/mol. The van der Waals surface area contributed by atoms with Crippen molar-refractivity contribution in [3.8, 4) is 5.69 Å². The van der Waals surface area contributed by atoms with Crippen LogP contribution in [-0.4, -0.2) is 46.8 Å². The van der Waals surface area contributed by atoms with Crippen LogP contribution in [0.4, 0.5) is 0 Å². The third kappa shape index (κ3) is 3.96. The first-order chi connectivity index (χ1) is 12.4. The van der Waals surface area contributed by atoms with Gasteiger partial charge in [0, 0.05) is 25.5 Å². The van der Waals surface area contributed by atoms with Gasteiger partial charge in [-0.25, -0.2) is 13.1 Å². The van der Waals surface area contributed by atoms with Crippen molar-refractivity contribution in [2.45, 2.75) is 32.9 Å². The van der Waals surface area contributed by atoms with E-state index in [9.17, 15) is 13.2 Å². The molecule has 2 aromatic rings. The summed E-state index contributed by atoms with van der Waals surface area (Å²) in [4.78, 5) is 12.7. The maximum Gasteiger partial charge on any atom is 0.238 e. The number of aromatic nitrogens is 2. The number of sulfonamides is 1. The molecule has 0 spiro atoms. The highest BCUT2D eigenvalue weighted by Crippen LogP contribution is 2.22. The third-order valence-electron chi connectivity index (χ3n) is 4.52. The van der Waals surface area contributed by atoms with E-state index in [4.69, 9.17) is 0 Å². The Morgan fingerprint density at radius 3 is 2.54 bits per heavy atom. The van der Waals surface area contributed by atoms with Crippen LogP contribution in [0.5, 0.6) is 0 Å². The van der Waals surface area contributed by atoms with Gasteiger partial charge in [0.2, 0.25) is 15.9 Å². The number of rotatable bonds is 6. The molecule has 1 saturated heterocycles.